The number of thiol groups is 1. The Bertz CT molecular complexity index is 304. The fourth-order valence-corrected chi connectivity index (χ4v) is 1.56. The van der Waals surface area contributed by atoms with Crippen LogP contribution in [0.25, 0.3) is 0 Å². The van der Waals surface area contributed by atoms with E-state index < -0.39 is 0 Å². The van der Waals surface area contributed by atoms with Crippen LogP contribution in [-0.4, -0.2) is 19.3 Å². The average Bonchev–Trinajstić information content (AvgIpc) is 2.17. The molecule has 0 heterocycles. The standard InChI is InChI=1S/C10H15FN2S/c1-13(4-5-14)10-3-2-8(7-12)6-9(10)11/h2-3,6,14H,4-5,7,12H2,1H3. The molecule has 0 bridgehead atoms. The van der Waals surface area contributed by atoms with E-state index >= 15 is 0 Å². The Balaban J connectivity index is 2.88. The third kappa shape index (κ3) is 2.62. The van der Waals surface area contributed by atoms with Crippen LogP contribution in [0.15, 0.2) is 18.2 Å². The third-order valence-electron chi connectivity index (χ3n) is 2.09. The van der Waals surface area contributed by atoms with Crippen molar-refractivity contribution in [3.05, 3.63) is 29.6 Å². The van der Waals surface area contributed by atoms with Crippen molar-refractivity contribution in [2.24, 2.45) is 5.73 Å². The number of anilines is 1. The van der Waals surface area contributed by atoms with Crippen molar-refractivity contribution in [3.63, 3.8) is 0 Å². The monoisotopic (exact) mass is 214 g/mol. The lowest BCUT2D eigenvalue weighted by Crippen LogP contribution is -2.20. The number of hydrogen-bond donors (Lipinski definition) is 2. The SMILES string of the molecule is CN(CCS)c1ccc(CN)cc1F. The first-order chi connectivity index (χ1) is 6.69. The zero-order valence-corrected chi connectivity index (χ0v) is 9.10. The van der Waals surface area contributed by atoms with Gasteiger partial charge in [-0.2, -0.15) is 12.6 Å². The fourth-order valence-electron chi connectivity index (χ4n) is 1.26. The van der Waals surface area contributed by atoms with Crippen molar-refractivity contribution in [3.8, 4) is 0 Å². The van der Waals surface area contributed by atoms with Gasteiger partial charge in [0.2, 0.25) is 0 Å². The summed E-state index contributed by atoms with van der Waals surface area (Å²) in [6.45, 7) is 1.09. The predicted molar refractivity (Wildman–Crippen MR) is 61.4 cm³/mol. The van der Waals surface area contributed by atoms with Crippen LogP contribution in [-0.2, 0) is 6.54 Å². The van der Waals surface area contributed by atoms with Gasteiger partial charge < -0.3 is 10.6 Å². The second-order valence-electron chi connectivity index (χ2n) is 3.14. The number of hydrogen-bond acceptors (Lipinski definition) is 3. The van der Waals surface area contributed by atoms with E-state index in [1.807, 2.05) is 18.0 Å². The number of benzene rings is 1. The van der Waals surface area contributed by atoms with Crippen LogP contribution >= 0.6 is 12.6 Å². The van der Waals surface area contributed by atoms with Gasteiger partial charge in [0.15, 0.2) is 0 Å². The van der Waals surface area contributed by atoms with Gasteiger partial charge >= 0.3 is 0 Å². The molecule has 2 nitrogen and oxygen atoms in total. The molecule has 0 saturated heterocycles. The maximum atomic E-state index is 13.5. The Labute approximate surface area is 89.3 Å². The summed E-state index contributed by atoms with van der Waals surface area (Å²) in [5.41, 5.74) is 6.82. The van der Waals surface area contributed by atoms with Crippen molar-refractivity contribution in [2.45, 2.75) is 6.54 Å². The predicted octanol–water partition coefficient (Wildman–Crippen LogP) is 1.65. The molecular weight excluding hydrogens is 199 g/mol. The largest absolute Gasteiger partial charge is 0.371 e. The molecule has 1 aromatic carbocycles. The van der Waals surface area contributed by atoms with E-state index in [2.05, 4.69) is 12.6 Å². The molecule has 0 aliphatic heterocycles. The number of nitrogens with zero attached hydrogens (tertiary/aromatic N) is 1. The molecule has 0 saturated carbocycles. The number of rotatable bonds is 4. The maximum absolute atomic E-state index is 13.5. The van der Waals surface area contributed by atoms with E-state index in [1.165, 1.54) is 6.07 Å². The molecule has 0 spiro atoms. The number of nitrogens with two attached hydrogens (primary N) is 1. The molecule has 0 aliphatic carbocycles. The van der Waals surface area contributed by atoms with Gasteiger partial charge in [0.25, 0.3) is 0 Å². The minimum absolute atomic E-state index is 0.225. The van der Waals surface area contributed by atoms with Gasteiger partial charge in [-0.3, -0.25) is 0 Å². The quantitative estimate of drug-likeness (QED) is 0.746. The van der Waals surface area contributed by atoms with Gasteiger partial charge in [-0.15, -0.1) is 0 Å². The summed E-state index contributed by atoms with van der Waals surface area (Å²) in [6.07, 6.45) is 0. The molecule has 0 amide bonds. The Kier molecular flexibility index (Phi) is 4.22. The summed E-state index contributed by atoms with van der Waals surface area (Å²) in [5, 5.41) is 0. The average molecular weight is 214 g/mol. The normalized spacial score (nSPS) is 10.3. The Morgan fingerprint density at radius 3 is 2.71 bits per heavy atom. The van der Waals surface area contributed by atoms with E-state index in [4.69, 9.17) is 5.73 Å². The highest BCUT2D eigenvalue weighted by Crippen LogP contribution is 2.19. The highest BCUT2D eigenvalue weighted by molar-refractivity contribution is 7.80. The summed E-state index contributed by atoms with van der Waals surface area (Å²) >= 11 is 4.10. The van der Waals surface area contributed by atoms with Crippen molar-refractivity contribution in [2.75, 3.05) is 24.2 Å². The molecule has 14 heavy (non-hydrogen) atoms. The van der Waals surface area contributed by atoms with Crippen LogP contribution < -0.4 is 10.6 Å². The van der Waals surface area contributed by atoms with E-state index in [1.54, 1.807) is 6.07 Å². The lowest BCUT2D eigenvalue weighted by Gasteiger charge is -2.19. The summed E-state index contributed by atoms with van der Waals surface area (Å²) < 4.78 is 13.5. The molecule has 4 heteroatoms. The molecule has 1 rings (SSSR count). The molecular formula is C10H15FN2S. The molecule has 1 aromatic rings. The smallest absolute Gasteiger partial charge is 0.146 e. The summed E-state index contributed by atoms with van der Waals surface area (Å²) in [5.74, 6) is 0.478. The van der Waals surface area contributed by atoms with Gasteiger partial charge in [0.1, 0.15) is 5.82 Å². The van der Waals surface area contributed by atoms with Crippen LogP contribution in [0.4, 0.5) is 10.1 Å². The van der Waals surface area contributed by atoms with E-state index in [9.17, 15) is 4.39 Å². The molecule has 0 unspecified atom stereocenters. The van der Waals surface area contributed by atoms with Crippen LogP contribution in [0.5, 0.6) is 0 Å². The van der Waals surface area contributed by atoms with Crippen molar-refractivity contribution < 1.29 is 4.39 Å². The minimum Gasteiger partial charge on any atom is -0.371 e. The molecule has 0 aliphatic rings. The van der Waals surface area contributed by atoms with Gasteiger partial charge in [0.05, 0.1) is 5.69 Å². The van der Waals surface area contributed by atoms with Gasteiger partial charge in [-0.25, -0.2) is 4.39 Å². The first kappa shape index (κ1) is 11.3. The highest BCUT2D eigenvalue weighted by Gasteiger charge is 2.06. The highest BCUT2D eigenvalue weighted by atomic mass is 32.1. The molecule has 0 fully saturated rings. The van der Waals surface area contributed by atoms with E-state index in [-0.39, 0.29) is 5.82 Å². The Morgan fingerprint density at radius 2 is 2.21 bits per heavy atom. The Morgan fingerprint density at radius 1 is 1.50 bits per heavy atom. The first-order valence-corrected chi connectivity index (χ1v) is 5.12. The molecule has 0 aromatic heterocycles. The molecule has 0 radical (unpaired) electrons. The van der Waals surface area contributed by atoms with Crippen molar-refractivity contribution in [1.82, 2.24) is 0 Å². The van der Waals surface area contributed by atoms with E-state index in [0.29, 0.717) is 18.0 Å². The van der Waals surface area contributed by atoms with Gasteiger partial charge in [-0.1, -0.05) is 6.07 Å². The van der Waals surface area contributed by atoms with E-state index in [0.717, 1.165) is 12.1 Å². The first-order valence-electron chi connectivity index (χ1n) is 4.49. The van der Waals surface area contributed by atoms with Crippen LogP contribution in [0, 0.1) is 5.82 Å². The van der Waals surface area contributed by atoms with Gasteiger partial charge in [-0.05, 0) is 17.7 Å². The van der Waals surface area contributed by atoms with Crippen molar-refractivity contribution >= 4 is 18.3 Å². The summed E-state index contributed by atoms with van der Waals surface area (Å²) in [4.78, 5) is 1.84. The van der Waals surface area contributed by atoms with Crippen LogP contribution in [0.2, 0.25) is 0 Å². The minimum atomic E-state index is -0.225. The fraction of sp³-hybridized carbons (Fsp3) is 0.400. The zero-order chi connectivity index (χ0) is 10.6. The molecule has 0 atom stereocenters. The lowest BCUT2D eigenvalue weighted by molar-refractivity contribution is 0.621. The van der Waals surface area contributed by atoms with Crippen LogP contribution in [0.3, 0.4) is 0 Å². The zero-order valence-electron chi connectivity index (χ0n) is 8.20. The maximum Gasteiger partial charge on any atom is 0.146 e. The lowest BCUT2D eigenvalue weighted by atomic mass is 10.2. The second-order valence-corrected chi connectivity index (χ2v) is 3.58. The van der Waals surface area contributed by atoms with Gasteiger partial charge in [0, 0.05) is 25.9 Å². The van der Waals surface area contributed by atoms with Crippen molar-refractivity contribution in [1.29, 1.82) is 0 Å². The number of halogens is 1. The molecule has 78 valence electrons. The summed E-state index contributed by atoms with van der Waals surface area (Å²) in [7, 11) is 1.84. The third-order valence-corrected chi connectivity index (χ3v) is 2.29. The second kappa shape index (κ2) is 5.22. The molecule has 2 N–H and O–H groups in total. The topological polar surface area (TPSA) is 29.3 Å². The van der Waals surface area contributed by atoms with Crippen LogP contribution in [0.1, 0.15) is 5.56 Å². The summed E-state index contributed by atoms with van der Waals surface area (Å²) in [6, 6.07) is 5.07. The Hall–Kier alpha value is -0.740.